The first-order chi connectivity index (χ1) is 25.0. The van der Waals surface area contributed by atoms with E-state index in [1.807, 2.05) is 60.7 Å². The van der Waals surface area contributed by atoms with Gasteiger partial charge in [-0.15, -0.1) is 16.9 Å². The molecule has 2 amide bonds. The van der Waals surface area contributed by atoms with Crippen LogP contribution < -0.4 is 5.32 Å². The highest BCUT2D eigenvalue weighted by Crippen LogP contribution is 2.42. The van der Waals surface area contributed by atoms with E-state index >= 15 is 0 Å². The number of hydrogen-bond acceptors (Lipinski definition) is 14. The Bertz CT molecular complexity index is 1940. The molecule has 1 N–H and O–H groups in total. The van der Waals surface area contributed by atoms with Gasteiger partial charge in [0.05, 0.1) is 6.26 Å². The summed E-state index contributed by atoms with van der Waals surface area (Å²) in [5, 5.41) is 18.0. The van der Waals surface area contributed by atoms with Crippen molar-refractivity contribution in [2.24, 2.45) is 12.2 Å². The van der Waals surface area contributed by atoms with E-state index in [1.165, 1.54) is 45.4 Å². The van der Waals surface area contributed by atoms with Crippen molar-refractivity contribution < 1.29 is 37.9 Å². The third-order valence-electron chi connectivity index (χ3n) is 7.64. The summed E-state index contributed by atoms with van der Waals surface area (Å²) in [5.41, 5.74) is 1.21. The van der Waals surface area contributed by atoms with Crippen LogP contribution in [-0.4, -0.2) is 89.7 Å². The van der Waals surface area contributed by atoms with Gasteiger partial charge in [0, 0.05) is 18.6 Å². The molecule has 4 aromatic rings. The van der Waals surface area contributed by atoms with Crippen molar-refractivity contribution in [2.45, 2.75) is 49.0 Å². The van der Waals surface area contributed by atoms with Gasteiger partial charge in [-0.2, -0.15) is 0 Å². The van der Waals surface area contributed by atoms with Crippen molar-refractivity contribution in [2.75, 3.05) is 18.1 Å². The molecule has 0 spiro atoms. The number of aromatic nitrogens is 4. The van der Waals surface area contributed by atoms with Crippen molar-refractivity contribution in [3.63, 3.8) is 0 Å². The van der Waals surface area contributed by atoms with Crippen molar-refractivity contribution in [3.8, 4) is 0 Å². The van der Waals surface area contributed by atoms with Crippen LogP contribution in [0, 0.1) is 0 Å². The number of tetrazole rings is 1. The normalized spacial score (nSPS) is 17.4. The van der Waals surface area contributed by atoms with Crippen molar-refractivity contribution in [1.29, 1.82) is 0 Å². The molecule has 270 valence electrons. The van der Waals surface area contributed by atoms with Crippen molar-refractivity contribution >= 4 is 53.0 Å². The highest BCUT2D eigenvalue weighted by molar-refractivity contribution is 8.01. The molecule has 17 heteroatoms. The zero-order valence-electron chi connectivity index (χ0n) is 28.6. The van der Waals surface area contributed by atoms with E-state index in [4.69, 9.17) is 18.7 Å². The molecule has 2 aliphatic rings. The average Bonchev–Trinajstić information content (AvgIpc) is 3.81. The maximum absolute atomic E-state index is 14.3. The van der Waals surface area contributed by atoms with Gasteiger partial charge in [0.25, 0.3) is 11.8 Å². The number of ether oxygens (including phenoxy) is 2. The number of carbonyl (C=O) groups excluding carboxylic acids is 4. The van der Waals surface area contributed by atoms with Crippen LogP contribution in [0.25, 0.3) is 0 Å². The van der Waals surface area contributed by atoms with E-state index in [1.54, 1.807) is 33.9 Å². The van der Waals surface area contributed by atoms with Crippen LogP contribution >= 0.6 is 23.5 Å². The first kappa shape index (κ1) is 36.4. The summed E-state index contributed by atoms with van der Waals surface area (Å²) < 4.78 is 18.3. The van der Waals surface area contributed by atoms with Crippen LogP contribution in [0.3, 0.4) is 0 Å². The molecule has 15 nitrogen and oxygen atoms in total. The number of furan rings is 1. The Morgan fingerprint density at radius 2 is 1.75 bits per heavy atom. The van der Waals surface area contributed by atoms with Crippen molar-refractivity contribution in [1.82, 2.24) is 30.4 Å². The number of benzene rings is 2. The number of oxime groups is 1. The molecule has 1 saturated heterocycles. The Hall–Kier alpha value is -5.42. The molecular formula is C35H35N7O8S2. The minimum atomic E-state index is -1.03. The zero-order chi connectivity index (χ0) is 36.8. The molecule has 4 heterocycles. The minimum Gasteiger partial charge on any atom is -0.462 e. The van der Waals surface area contributed by atoms with Crippen LogP contribution in [0.1, 0.15) is 43.8 Å². The second-order valence-electron chi connectivity index (χ2n) is 12.6. The third kappa shape index (κ3) is 8.37. The number of β-lactam (4-membered cyclic amide) rings is 1. The lowest BCUT2D eigenvalue weighted by molar-refractivity contribution is -0.160. The quantitative estimate of drug-likeness (QED) is 0.0690. The number of nitrogens with one attached hydrogen (secondary N) is 1. The van der Waals surface area contributed by atoms with E-state index in [0.717, 1.165) is 11.1 Å². The fourth-order valence-electron chi connectivity index (χ4n) is 5.37. The largest absolute Gasteiger partial charge is 0.462 e. The summed E-state index contributed by atoms with van der Waals surface area (Å²) >= 11 is 2.70. The van der Waals surface area contributed by atoms with Gasteiger partial charge in [0.1, 0.15) is 22.7 Å². The van der Waals surface area contributed by atoms with Crippen LogP contribution in [0.15, 0.2) is 105 Å². The lowest BCUT2D eigenvalue weighted by Gasteiger charge is -2.49. The highest BCUT2D eigenvalue weighted by Gasteiger charge is 2.55. The summed E-state index contributed by atoms with van der Waals surface area (Å²) in [7, 11) is 1.71. The van der Waals surface area contributed by atoms with Crippen LogP contribution in [0.5, 0.6) is 0 Å². The van der Waals surface area contributed by atoms with E-state index < -0.39 is 53.5 Å². The maximum Gasteiger partial charge on any atom is 0.356 e. The van der Waals surface area contributed by atoms with Gasteiger partial charge in [-0.25, -0.2) is 14.3 Å². The maximum atomic E-state index is 14.3. The molecule has 52 heavy (non-hydrogen) atoms. The summed E-state index contributed by atoms with van der Waals surface area (Å²) in [5.74, 6) is -1.98. The molecule has 2 aromatic carbocycles. The van der Waals surface area contributed by atoms with E-state index in [-0.39, 0.29) is 17.2 Å². The lowest BCUT2D eigenvalue weighted by atomic mass is 10.0. The summed E-state index contributed by atoms with van der Waals surface area (Å²) in [6.07, 6.45) is 0.586. The summed E-state index contributed by atoms with van der Waals surface area (Å²) in [6.45, 7) is 4.57. The van der Waals surface area contributed by atoms with E-state index in [2.05, 4.69) is 26.0 Å². The first-order valence-corrected chi connectivity index (χ1v) is 18.1. The van der Waals surface area contributed by atoms with E-state index in [0.29, 0.717) is 22.2 Å². The molecule has 0 saturated carbocycles. The molecule has 1 fully saturated rings. The van der Waals surface area contributed by atoms with Crippen LogP contribution in [0.4, 0.5) is 0 Å². The third-order valence-corrected chi connectivity index (χ3v) is 10.1. The molecule has 2 aliphatic heterocycles. The summed E-state index contributed by atoms with van der Waals surface area (Å²) in [6, 6.07) is 20.7. The number of aryl methyl sites for hydroxylation is 1. The lowest BCUT2D eigenvalue weighted by Crippen LogP contribution is -2.71. The van der Waals surface area contributed by atoms with Gasteiger partial charge in [0.15, 0.2) is 11.9 Å². The highest BCUT2D eigenvalue weighted by atomic mass is 32.2. The first-order valence-electron chi connectivity index (χ1n) is 16.1. The monoisotopic (exact) mass is 745 g/mol. The second-order valence-corrected chi connectivity index (χ2v) is 14.6. The minimum absolute atomic E-state index is 0.0521. The number of amides is 2. The van der Waals surface area contributed by atoms with Gasteiger partial charge in [0.2, 0.25) is 17.5 Å². The number of esters is 2. The predicted octanol–water partition coefficient (Wildman–Crippen LogP) is 3.64. The van der Waals surface area contributed by atoms with Gasteiger partial charge < -0.3 is 24.0 Å². The Kier molecular flexibility index (Phi) is 11.1. The number of thioether (sulfide) groups is 2. The smallest absolute Gasteiger partial charge is 0.356 e. The fraction of sp³-hybridized carbons (Fsp3) is 0.314. The molecule has 0 bridgehead atoms. The van der Waals surface area contributed by atoms with Gasteiger partial charge in [-0.05, 0) is 60.0 Å². The Morgan fingerprint density at radius 3 is 2.35 bits per heavy atom. The molecule has 2 atom stereocenters. The van der Waals surface area contributed by atoms with Gasteiger partial charge in [-0.1, -0.05) is 77.6 Å². The summed E-state index contributed by atoms with van der Waals surface area (Å²) in [4.78, 5) is 60.4. The molecule has 6 rings (SSSR count). The van der Waals surface area contributed by atoms with Gasteiger partial charge >= 0.3 is 11.9 Å². The van der Waals surface area contributed by atoms with Crippen LogP contribution in [0.2, 0.25) is 0 Å². The van der Waals surface area contributed by atoms with Gasteiger partial charge in [-0.3, -0.25) is 14.5 Å². The average molecular weight is 746 g/mol. The second kappa shape index (κ2) is 15.9. The Balaban J connectivity index is 1.24. The molecule has 0 aliphatic carbocycles. The number of hydrogen-bond donors (Lipinski definition) is 1. The molecular weight excluding hydrogens is 711 g/mol. The SMILES string of the molecule is Cn1nnnc1SCC1=C(C(=O)OC(c2ccccc2)c2ccccc2)N2C(=O)[C@@H](NC(=O)C(=NOCC(=O)OC(C)(C)C)c3ccco3)[C@H]2SC1. The molecule has 0 radical (unpaired) electrons. The zero-order valence-corrected chi connectivity index (χ0v) is 30.3. The standard InChI is InChI=1S/C35H35N7O8S2/c1-35(2,3)50-25(43)18-48-38-26(24-16-11-17-47-24)30(44)36-27-31(45)42-28(23(19-51-32(27)42)20-52-34-37-39-40-41(34)4)33(46)49-29(21-12-7-5-8-13-21)22-14-9-6-10-15-22/h5-17,27,29,32H,18-20H2,1-4H3,(H,36,44)/t27-,32-/m1/s1. The number of fused-ring (bicyclic) bond motifs is 1. The number of rotatable bonds is 13. The predicted molar refractivity (Wildman–Crippen MR) is 189 cm³/mol. The molecule has 2 aromatic heterocycles. The Morgan fingerprint density at radius 1 is 1.06 bits per heavy atom. The van der Waals surface area contributed by atoms with E-state index in [9.17, 15) is 19.2 Å². The number of carbonyl (C=O) groups is 4. The van der Waals surface area contributed by atoms with Crippen LogP contribution in [-0.2, 0) is 40.5 Å². The topological polar surface area (TPSA) is 180 Å². The Labute approximate surface area is 307 Å². The molecule has 0 unspecified atom stereocenters. The number of nitrogens with zero attached hydrogens (tertiary/aromatic N) is 6. The fourth-order valence-corrected chi connectivity index (χ4v) is 7.70. The van der Waals surface area contributed by atoms with Crippen molar-refractivity contribution in [3.05, 3.63) is 107 Å².